The van der Waals surface area contributed by atoms with Crippen LogP contribution in [-0.4, -0.2) is 47.6 Å². The van der Waals surface area contributed by atoms with Crippen LogP contribution in [0.3, 0.4) is 0 Å². The summed E-state index contributed by atoms with van der Waals surface area (Å²) in [5, 5.41) is 0. The van der Waals surface area contributed by atoms with Crippen LogP contribution in [0, 0.1) is 5.41 Å². The number of piperazine rings is 1. The maximum absolute atomic E-state index is 2.81. The normalized spacial score (nSPS) is 33.2. The molecule has 0 spiro atoms. The first-order valence-electron chi connectivity index (χ1n) is 7.93. The average molecular weight is 252 g/mol. The van der Waals surface area contributed by atoms with E-state index in [0.29, 0.717) is 11.5 Å². The van der Waals surface area contributed by atoms with E-state index in [1.807, 2.05) is 0 Å². The highest BCUT2D eigenvalue weighted by Gasteiger charge is 2.38. The van der Waals surface area contributed by atoms with Crippen molar-refractivity contribution in [2.45, 2.75) is 78.4 Å². The molecular formula is C16H32N2. The maximum Gasteiger partial charge on any atom is 0.0224 e. The highest BCUT2D eigenvalue weighted by Crippen LogP contribution is 2.32. The lowest BCUT2D eigenvalue weighted by Crippen LogP contribution is -2.63. The van der Waals surface area contributed by atoms with E-state index in [9.17, 15) is 0 Å². The van der Waals surface area contributed by atoms with Gasteiger partial charge in [0.2, 0.25) is 0 Å². The summed E-state index contributed by atoms with van der Waals surface area (Å²) in [6, 6.07) is 2.30. The van der Waals surface area contributed by atoms with Crippen molar-refractivity contribution in [1.82, 2.24) is 9.80 Å². The number of rotatable bonds is 2. The Balaban J connectivity index is 2.08. The number of hydrogen-bond acceptors (Lipinski definition) is 2. The third-order valence-electron chi connectivity index (χ3n) is 5.31. The summed E-state index contributed by atoms with van der Waals surface area (Å²) in [6.45, 7) is 15.9. The Morgan fingerprint density at radius 1 is 1.17 bits per heavy atom. The van der Waals surface area contributed by atoms with Gasteiger partial charge < -0.3 is 0 Å². The zero-order chi connectivity index (χ0) is 13.3. The molecule has 0 amide bonds. The van der Waals surface area contributed by atoms with E-state index in [0.717, 1.165) is 12.1 Å². The number of piperidine rings is 1. The Bertz CT molecular complexity index is 269. The van der Waals surface area contributed by atoms with Crippen molar-refractivity contribution in [3.05, 3.63) is 0 Å². The highest BCUT2D eigenvalue weighted by atomic mass is 15.3. The SMILES string of the molecule is CCC1CN2CCCCC2CN1C(C)C(C)(C)C. The molecule has 2 rings (SSSR count). The molecule has 0 aliphatic carbocycles. The fraction of sp³-hybridized carbons (Fsp3) is 1.00. The summed E-state index contributed by atoms with van der Waals surface area (Å²) in [7, 11) is 0. The van der Waals surface area contributed by atoms with Gasteiger partial charge in [0.15, 0.2) is 0 Å². The van der Waals surface area contributed by atoms with Gasteiger partial charge in [-0.05, 0) is 38.1 Å². The van der Waals surface area contributed by atoms with Gasteiger partial charge in [-0.15, -0.1) is 0 Å². The molecule has 106 valence electrons. The van der Waals surface area contributed by atoms with Crippen LogP contribution >= 0.6 is 0 Å². The van der Waals surface area contributed by atoms with Crippen molar-refractivity contribution >= 4 is 0 Å². The molecular weight excluding hydrogens is 220 g/mol. The first-order chi connectivity index (χ1) is 8.43. The predicted molar refractivity (Wildman–Crippen MR) is 78.9 cm³/mol. The van der Waals surface area contributed by atoms with Gasteiger partial charge in [0.25, 0.3) is 0 Å². The predicted octanol–water partition coefficient (Wildman–Crippen LogP) is 3.37. The minimum absolute atomic E-state index is 0.393. The molecule has 3 atom stereocenters. The van der Waals surface area contributed by atoms with E-state index in [4.69, 9.17) is 0 Å². The van der Waals surface area contributed by atoms with Gasteiger partial charge in [-0.3, -0.25) is 9.80 Å². The molecule has 2 fully saturated rings. The van der Waals surface area contributed by atoms with E-state index in [1.165, 1.54) is 45.3 Å². The standard InChI is InChI=1S/C16H32N2/c1-6-14-11-17-10-8-7-9-15(17)12-18(14)13(2)16(3,4)5/h13-15H,6-12H2,1-5H3. The van der Waals surface area contributed by atoms with Crippen LogP contribution in [0.4, 0.5) is 0 Å². The van der Waals surface area contributed by atoms with Crippen LogP contribution in [0.5, 0.6) is 0 Å². The highest BCUT2D eigenvalue weighted by molar-refractivity contribution is 4.94. The average Bonchev–Trinajstić information content (AvgIpc) is 2.35. The summed E-state index contributed by atoms with van der Waals surface area (Å²) in [6.07, 6.45) is 5.57. The van der Waals surface area contributed by atoms with E-state index in [2.05, 4.69) is 44.4 Å². The van der Waals surface area contributed by atoms with Crippen LogP contribution in [-0.2, 0) is 0 Å². The van der Waals surface area contributed by atoms with Crippen LogP contribution in [0.2, 0.25) is 0 Å². The second-order valence-electron chi connectivity index (χ2n) is 7.45. The Morgan fingerprint density at radius 3 is 2.50 bits per heavy atom. The molecule has 0 N–H and O–H groups in total. The largest absolute Gasteiger partial charge is 0.298 e. The van der Waals surface area contributed by atoms with Crippen molar-refractivity contribution in [3.8, 4) is 0 Å². The van der Waals surface area contributed by atoms with Gasteiger partial charge in [0.1, 0.15) is 0 Å². The maximum atomic E-state index is 2.81. The van der Waals surface area contributed by atoms with Crippen LogP contribution in [0.1, 0.15) is 60.3 Å². The fourth-order valence-electron chi connectivity index (χ4n) is 3.61. The zero-order valence-corrected chi connectivity index (χ0v) is 13.1. The number of fused-ring (bicyclic) bond motifs is 1. The molecule has 0 aromatic carbocycles. The Kier molecular flexibility index (Phi) is 4.38. The minimum Gasteiger partial charge on any atom is -0.298 e. The van der Waals surface area contributed by atoms with E-state index >= 15 is 0 Å². The van der Waals surface area contributed by atoms with Crippen molar-refractivity contribution in [1.29, 1.82) is 0 Å². The first kappa shape index (κ1) is 14.3. The first-order valence-corrected chi connectivity index (χ1v) is 7.93. The summed E-state index contributed by atoms with van der Waals surface area (Å²) in [5.74, 6) is 0. The minimum atomic E-state index is 0.393. The molecule has 2 nitrogen and oxygen atoms in total. The van der Waals surface area contributed by atoms with E-state index in [1.54, 1.807) is 0 Å². The lowest BCUT2D eigenvalue weighted by Gasteiger charge is -2.52. The van der Waals surface area contributed by atoms with Crippen molar-refractivity contribution in [2.24, 2.45) is 5.41 Å². The molecule has 0 aromatic rings. The van der Waals surface area contributed by atoms with Gasteiger partial charge in [-0.1, -0.05) is 34.1 Å². The van der Waals surface area contributed by atoms with Crippen LogP contribution in [0.25, 0.3) is 0 Å². The van der Waals surface area contributed by atoms with E-state index in [-0.39, 0.29) is 0 Å². The van der Waals surface area contributed by atoms with Crippen LogP contribution < -0.4 is 0 Å². The van der Waals surface area contributed by atoms with Gasteiger partial charge >= 0.3 is 0 Å². The summed E-state index contributed by atoms with van der Waals surface area (Å²) < 4.78 is 0. The molecule has 3 unspecified atom stereocenters. The second kappa shape index (κ2) is 5.50. The van der Waals surface area contributed by atoms with Gasteiger partial charge in [0.05, 0.1) is 0 Å². The van der Waals surface area contributed by atoms with E-state index < -0.39 is 0 Å². The lowest BCUT2D eigenvalue weighted by atomic mass is 9.84. The van der Waals surface area contributed by atoms with Gasteiger partial charge in [-0.25, -0.2) is 0 Å². The third-order valence-corrected chi connectivity index (χ3v) is 5.31. The lowest BCUT2D eigenvalue weighted by molar-refractivity contribution is -0.0359. The van der Waals surface area contributed by atoms with Gasteiger partial charge in [-0.2, -0.15) is 0 Å². The quantitative estimate of drug-likeness (QED) is 0.743. The molecule has 2 aliphatic heterocycles. The van der Waals surface area contributed by atoms with Gasteiger partial charge in [0, 0.05) is 31.2 Å². The third kappa shape index (κ3) is 2.91. The molecule has 2 heteroatoms. The molecule has 18 heavy (non-hydrogen) atoms. The molecule has 0 saturated carbocycles. The summed E-state index contributed by atoms with van der Waals surface area (Å²) in [5.41, 5.74) is 0.393. The second-order valence-corrected chi connectivity index (χ2v) is 7.45. The Morgan fingerprint density at radius 2 is 1.89 bits per heavy atom. The Hall–Kier alpha value is -0.0800. The number of nitrogens with zero attached hydrogens (tertiary/aromatic N) is 2. The monoisotopic (exact) mass is 252 g/mol. The molecule has 2 aliphatic rings. The topological polar surface area (TPSA) is 6.48 Å². The van der Waals surface area contributed by atoms with Crippen molar-refractivity contribution in [2.75, 3.05) is 19.6 Å². The zero-order valence-electron chi connectivity index (χ0n) is 13.1. The Labute approximate surface area is 114 Å². The molecule has 0 aromatic heterocycles. The van der Waals surface area contributed by atoms with Crippen LogP contribution in [0.15, 0.2) is 0 Å². The molecule has 0 bridgehead atoms. The van der Waals surface area contributed by atoms with Crippen molar-refractivity contribution in [3.63, 3.8) is 0 Å². The smallest absolute Gasteiger partial charge is 0.0224 e. The fourth-order valence-corrected chi connectivity index (χ4v) is 3.61. The number of hydrogen-bond donors (Lipinski definition) is 0. The summed E-state index contributed by atoms with van der Waals surface area (Å²) in [4.78, 5) is 5.58. The molecule has 2 heterocycles. The molecule has 0 radical (unpaired) electrons. The molecule has 2 saturated heterocycles. The van der Waals surface area contributed by atoms with Crippen molar-refractivity contribution < 1.29 is 0 Å². The summed E-state index contributed by atoms with van der Waals surface area (Å²) >= 11 is 0.